The van der Waals surface area contributed by atoms with Gasteiger partial charge in [0.25, 0.3) is 5.92 Å². The van der Waals surface area contributed by atoms with Gasteiger partial charge in [-0.1, -0.05) is 36.4 Å². The van der Waals surface area contributed by atoms with E-state index in [0.29, 0.717) is 11.6 Å². The average Bonchev–Trinajstić information content (AvgIpc) is 2.87. The van der Waals surface area contributed by atoms with E-state index < -0.39 is 71.9 Å². The van der Waals surface area contributed by atoms with Gasteiger partial charge in [-0.25, -0.2) is 22.4 Å². The molecule has 4 rings (SSSR count). The third-order valence-corrected chi connectivity index (χ3v) is 6.55. The van der Waals surface area contributed by atoms with E-state index in [0.717, 1.165) is 30.3 Å². The van der Waals surface area contributed by atoms with E-state index >= 15 is 0 Å². The van der Waals surface area contributed by atoms with Crippen LogP contribution in [0.5, 0.6) is 5.75 Å². The Hall–Kier alpha value is -4.16. The summed E-state index contributed by atoms with van der Waals surface area (Å²) in [5, 5.41) is 4.91. The lowest BCUT2D eigenvalue weighted by molar-refractivity contribution is -0.253. The van der Waals surface area contributed by atoms with E-state index in [1.807, 2.05) is 0 Å². The van der Waals surface area contributed by atoms with Crippen LogP contribution in [0.1, 0.15) is 39.9 Å². The second-order valence-electron chi connectivity index (χ2n) is 9.62. The highest BCUT2D eigenvalue weighted by molar-refractivity contribution is 5.78. The highest BCUT2D eigenvalue weighted by atomic mass is 19.3. The minimum atomic E-state index is -5.01. The number of carbonyl (C=O) groups excluding carboxylic acids is 2. The van der Waals surface area contributed by atoms with E-state index in [-0.39, 0.29) is 23.8 Å². The van der Waals surface area contributed by atoms with Crippen LogP contribution in [-0.4, -0.2) is 36.8 Å². The molecule has 1 aliphatic carbocycles. The molecule has 0 unspecified atom stereocenters. The lowest BCUT2D eigenvalue weighted by Gasteiger charge is -2.39. The molecule has 1 saturated carbocycles. The van der Waals surface area contributed by atoms with Gasteiger partial charge in [-0.15, -0.1) is 0 Å². The van der Waals surface area contributed by atoms with Crippen LogP contribution in [0.3, 0.4) is 0 Å². The van der Waals surface area contributed by atoms with Crippen LogP contribution in [0, 0.1) is 11.6 Å². The number of halogens is 8. The van der Waals surface area contributed by atoms with Crippen LogP contribution < -0.4 is 15.4 Å². The molecule has 218 valence electrons. The van der Waals surface area contributed by atoms with Gasteiger partial charge in [0.1, 0.15) is 17.4 Å². The van der Waals surface area contributed by atoms with Crippen molar-refractivity contribution in [2.75, 3.05) is 0 Å². The number of rotatable bonds is 10. The number of alkyl halides is 6. The first-order chi connectivity index (χ1) is 19.2. The minimum absolute atomic E-state index is 0.0453. The average molecular weight is 586 g/mol. The molecular formula is C28H22F8N2O3. The molecule has 0 spiro atoms. The fourth-order valence-electron chi connectivity index (χ4n) is 4.61. The molecule has 0 aliphatic heterocycles. The lowest BCUT2D eigenvalue weighted by Crippen LogP contribution is -2.58. The number of benzene rings is 3. The smallest absolute Gasteiger partial charge is 0.428 e. The Balaban J connectivity index is 1.89. The molecule has 3 aromatic carbocycles. The predicted octanol–water partition coefficient (Wildman–Crippen LogP) is 6.60. The van der Waals surface area contributed by atoms with Crippen molar-refractivity contribution in [2.45, 2.75) is 49.3 Å². The molecule has 0 heterocycles. The van der Waals surface area contributed by atoms with Gasteiger partial charge in [-0.05, 0) is 41.0 Å². The van der Waals surface area contributed by atoms with Crippen LogP contribution >= 0.6 is 0 Å². The maximum Gasteiger partial charge on any atom is 0.461 e. The van der Waals surface area contributed by atoms with Crippen molar-refractivity contribution in [3.05, 3.63) is 101 Å². The second-order valence-corrected chi connectivity index (χ2v) is 9.62. The van der Waals surface area contributed by atoms with Crippen molar-refractivity contribution < 1.29 is 49.4 Å². The Morgan fingerprint density at radius 1 is 1.00 bits per heavy atom. The summed E-state index contributed by atoms with van der Waals surface area (Å²) in [6.45, 7) is 0. The summed E-state index contributed by atoms with van der Waals surface area (Å²) < 4.78 is 113. The summed E-state index contributed by atoms with van der Waals surface area (Å²) in [6, 6.07) is 11.1. The Kier molecular flexibility index (Phi) is 8.27. The molecule has 3 aromatic rings. The van der Waals surface area contributed by atoms with E-state index in [1.165, 1.54) is 0 Å². The normalized spacial score (nSPS) is 16.4. The number of hydrogen-bond acceptors (Lipinski definition) is 3. The largest absolute Gasteiger partial charge is 0.461 e. The van der Waals surface area contributed by atoms with E-state index in [2.05, 4.69) is 15.4 Å². The molecule has 0 radical (unpaired) electrons. The zero-order valence-corrected chi connectivity index (χ0v) is 21.0. The van der Waals surface area contributed by atoms with Gasteiger partial charge in [0, 0.05) is 31.4 Å². The molecule has 0 saturated heterocycles. The van der Waals surface area contributed by atoms with Gasteiger partial charge >= 0.3 is 18.6 Å². The topological polar surface area (TPSA) is 67.4 Å². The highest BCUT2D eigenvalue weighted by Gasteiger charge is 2.47. The zero-order chi connectivity index (χ0) is 30.0. The fraction of sp³-hybridized carbons (Fsp3) is 0.286. The molecule has 0 bridgehead atoms. The molecule has 1 fully saturated rings. The van der Waals surface area contributed by atoms with E-state index in [1.54, 1.807) is 30.3 Å². The molecule has 41 heavy (non-hydrogen) atoms. The van der Waals surface area contributed by atoms with Gasteiger partial charge in [0.15, 0.2) is 6.29 Å². The van der Waals surface area contributed by atoms with Gasteiger partial charge in [-0.3, -0.25) is 4.79 Å². The standard InChI is InChI=1S/C28H22F8N2O3/c29-20-9-19(10-22(11-20)41-28(35,36)24(31)32)27(12-16-4-2-1-3-5-16,18-6-7-23(30)17(8-18)15-39)38-25(40)37-21-13-26(33,34)14-21/h1-11,15,21,24H,12-14H2,(H2,37,38,40)/t27-/m1/s1. The maximum atomic E-state index is 14.9. The molecule has 1 aliphatic rings. The molecule has 13 heteroatoms. The molecule has 5 nitrogen and oxygen atoms in total. The van der Waals surface area contributed by atoms with Crippen molar-refractivity contribution in [1.82, 2.24) is 10.6 Å². The third kappa shape index (κ3) is 6.77. The third-order valence-electron chi connectivity index (χ3n) is 6.55. The summed E-state index contributed by atoms with van der Waals surface area (Å²) in [7, 11) is 0. The molecule has 1 atom stereocenters. The Morgan fingerprint density at radius 3 is 2.29 bits per heavy atom. The molecule has 2 amide bonds. The Labute approximate surface area is 228 Å². The summed E-state index contributed by atoms with van der Waals surface area (Å²) in [4.78, 5) is 24.7. The summed E-state index contributed by atoms with van der Waals surface area (Å²) in [5.41, 5.74) is -2.37. The first-order valence-electron chi connectivity index (χ1n) is 12.1. The van der Waals surface area contributed by atoms with E-state index in [9.17, 15) is 44.7 Å². The Morgan fingerprint density at radius 2 is 1.68 bits per heavy atom. The van der Waals surface area contributed by atoms with Crippen molar-refractivity contribution in [3.8, 4) is 5.75 Å². The number of carbonyl (C=O) groups is 2. The van der Waals surface area contributed by atoms with Crippen LogP contribution in [0.15, 0.2) is 66.7 Å². The zero-order valence-electron chi connectivity index (χ0n) is 21.0. The lowest BCUT2D eigenvalue weighted by atomic mass is 9.77. The number of nitrogens with one attached hydrogen (secondary N) is 2. The van der Waals surface area contributed by atoms with Gasteiger partial charge < -0.3 is 15.4 Å². The monoisotopic (exact) mass is 586 g/mol. The summed E-state index contributed by atoms with van der Waals surface area (Å²) in [5.74, 6) is -6.18. The first-order valence-corrected chi connectivity index (χ1v) is 12.1. The summed E-state index contributed by atoms with van der Waals surface area (Å²) in [6.07, 6.45) is -10.7. The molecular weight excluding hydrogens is 564 g/mol. The van der Waals surface area contributed by atoms with Gasteiger partial charge in [-0.2, -0.15) is 17.6 Å². The molecule has 0 aromatic heterocycles. The number of urea groups is 1. The SMILES string of the molecule is O=Cc1cc([C@@](Cc2ccccc2)(NC(=O)NC2CC(F)(F)C2)c2cc(F)cc(OC(F)(F)C(F)F)c2)ccc1F. The van der Waals surface area contributed by atoms with Crippen molar-refractivity contribution >= 4 is 12.3 Å². The van der Waals surface area contributed by atoms with Crippen molar-refractivity contribution in [2.24, 2.45) is 0 Å². The van der Waals surface area contributed by atoms with E-state index in [4.69, 9.17) is 0 Å². The van der Waals surface area contributed by atoms with Crippen molar-refractivity contribution in [3.63, 3.8) is 0 Å². The van der Waals surface area contributed by atoms with Crippen LogP contribution in [0.2, 0.25) is 0 Å². The van der Waals surface area contributed by atoms with Crippen LogP contribution in [0.25, 0.3) is 0 Å². The van der Waals surface area contributed by atoms with Gasteiger partial charge in [0.2, 0.25) is 0 Å². The number of ether oxygens (including phenoxy) is 1. The highest BCUT2D eigenvalue weighted by Crippen LogP contribution is 2.40. The summed E-state index contributed by atoms with van der Waals surface area (Å²) >= 11 is 0. The predicted molar refractivity (Wildman–Crippen MR) is 130 cm³/mol. The number of hydrogen-bond donors (Lipinski definition) is 2. The van der Waals surface area contributed by atoms with Crippen LogP contribution in [0.4, 0.5) is 39.9 Å². The number of amides is 2. The quantitative estimate of drug-likeness (QED) is 0.208. The minimum Gasteiger partial charge on any atom is -0.428 e. The van der Waals surface area contributed by atoms with Crippen LogP contribution in [-0.2, 0) is 12.0 Å². The van der Waals surface area contributed by atoms with Crippen molar-refractivity contribution in [1.29, 1.82) is 0 Å². The van der Waals surface area contributed by atoms with Gasteiger partial charge in [0.05, 0.1) is 11.1 Å². The fourth-order valence-corrected chi connectivity index (χ4v) is 4.61. The second kappa shape index (κ2) is 11.4. The Bertz CT molecular complexity index is 1410. The first kappa shape index (κ1) is 29.8. The molecule has 2 N–H and O–H groups in total. The number of aldehydes is 1. The maximum absolute atomic E-state index is 14.9.